The number of carbonyl (C=O) groups is 2. The molecule has 9 nitrogen and oxygen atoms in total. The molecule has 2 aromatic rings. The van der Waals surface area contributed by atoms with E-state index < -0.39 is 16.8 Å². The van der Waals surface area contributed by atoms with Gasteiger partial charge in [0.2, 0.25) is 0 Å². The van der Waals surface area contributed by atoms with Crippen molar-refractivity contribution < 1.29 is 28.7 Å². The number of ketones is 1. The molecule has 1 aliphatic carbocycles. The molecule has 0 bridgehead atoms. The first-order chi connectivity index (χ1) is 18.2. The number of Topliss-reactive ketones (excluding diaryl/α,β-unsaturated/α-hetero) is 1. The number of rotatable bonds is 8. The van der Waals surface area contributed by atoms with Crippen LogP contribution in [0.25, 0.3) is 0 Å². The molecule has 0 aromatic heterocycles. The number of esters is 1. The fourth-order valence-electron chi connectivity index (χ4n) is 5.13. The molecular weight excluding hydrogens is 488 g/mol. The highest BCUT2D eigenvalue weighted by Crippen LogP contribution is 2.47. The Bertz CT molecular complexity index is 1340. The third-order valence-corrected chi connectivity index (χ3v) is 7.22. The maximum atomic E-state index is 13.8. The molecule has 1 N–H and O–H groups in total. The van der Waals surface area contributed by atoms with Crippen molar-refractivity contribution in [3.63, 3.8) is 0 Å². The van der Waals surface area contributed by atoms with Gasteiger partial charge < -0.3 is 19.5 Å². The van der Waals surface area contributed by atoms with E-state index >= 15 is 0 Å². The molecule has 0 saturated heterocycles. The minimum absolute atomic E-state index is 0.109. The van der Waals surface area contributed by atoms with Crippen LogP contribution >= 0.6 is 0 Å². The zero-order chi connectivity index (χ0) is 27.6. The summed E-state index contributed by atoms with van der Waals surface area (Å²) in [6.07, 6.45) is 1.05. The minimum Gasteiger partial charge on any atom is -0.493 e. The van der Waals surface area contributed by atoms with Crippen LogP contribution in [0.3, 0.4) is 0 Å². The Kier molecular flexibility index (Phi) is 7.85. The second-order valence-electron chi connectivity index (χ2n) is 9.61. The number of hydrogen-bond acceptors (Lipinski definition) is 8. The average Bonchev–Trinajstić information content (AvgIpc) is 2.91. The topological polar surface area (TPSA) is 117 Å². The Labute approximate surface area is 221 Å². The Morgan fingerprint density at radius 1 is 1.11 bits per heavy atom. The van der Waals surface area contributed by atoms with E-state index in [1.807, 2.05) is 25.1 Å². The number of non-ortho nitro benzene ring substituents is 1. The van der Waals surface area contributed by atoms with Crippen LogP contribution in [-0.2, 0) is 14.3 Å². The van der Waals surface area contributed by atoms with Crippen LogP contribution in [0.4, 0.5) is 5.69 Å². The lowest BCUT2D eigenvalue weighted by Gasteiger charge is -2.37. The molecule has 9 heteroatoms. The number of benzene rings is 2. The summed E-state index contributed by atoms with van der Waals surface area (Å²) >= 11 is 0. The number of hydrogen-bond donors (Lipinski definition) is 1. The number of allylic oxidation sites excluding steroid dienone is 3. The van der Waals surface area contributed by atoms with Crippen molar-refractivity contribution in [2.75, 3.05) is 14.2 Å². The second kappa shape index (κ2) is 11.1. The molecule has 38 heavy (non-hydrogen) atoms. The number of nitro benzene ring substituents is 1. The average molecular weight is 521 g/mol. The number of ether oxygens (including phenoxy) is 3. The highest BCUT2D eigenvalue weighted by molar-refractivity contribution is 6.04. The van der Waals surface area contributed by atoms with Crippen LogP contribution in [0.2, 0.25) is 0 Å². The van der Waals surface area contributed by atoms with Gasteiger partial charge in [0.1, 0.15) is 0 Å². The summed E-state index contributed by atoms with van der Waals surface area (Å²) in [5.74, 6) is -0.390. The van der Waals surface area contributed by atoms with E-state index in [4.69, 9.17) is 14.2 Å². The van der Waals surface area contributed by atoms with E-state index in [1.165, 1.54) is 12.1 Å². The molecule has 3 atom stereocenters. The first kappa shape index (κ1) is 26.9. The minimum atomic E-state index is -0.776. The summed E-state index contributed by atoms with van der Waals surface area (Å²) < 4.78 is 16.5. The summed E-state index contributed by atoms with van der Waals surface area (Å²) in [5.41, 5.74) is 3.33. The lowest BCUT2D eigenvalue weighted by atomic mass is 9.71. The summed E-state index contributed by atoms with van der Waals surface area (Å²) in [6, 6.07) is 11.7. The largest absolute Gasteiger partial charge is 0.493 e. The molecule has 200 valence electrons. The van der Waals surface area contributed by atoms with Crippen molar-refractivity contribution in [2.24, 2.45) is 0 Å². The summed E-state index contributed by atoms with van der Waals surface area (Å²) in [7, 11) is 3.13. The Hall–Kier alpha value is -4.14. The van der Waals surface area contributed by atoms with Gasteiger partial charge in [-0.2, -0.15) is 0 Å². The molecule has 0 spiro atoms. The molecule has 4 rings (SSSR count). The fourth-order valence-corrected chi connectivity index (χ4v) is 5.13. The molecule has 0 radical (unpaired) electrons. The molecule has 0 fully saturated rings. The highest BCUT2D eigenvalue weighted by Gasteiger charge is 2.42. The van der Waals surface area contributed by atoms with Crippen molar-refractivity contribution >= 4 is 17.4 Å². The van der Waals surface area contributed by atoms with Gasteiger partial charge in [-0.1, -0.05) is 25.1 Å². The summed E-state index contributed by atoms with van der Waals surface area (Å²) in [4.78, 5) is 38.2. The smallest absolute Gasteiger partial charge is 0.337 e. The van der Waals surface area contributed by atoms with Gasteiger partial charge >= 0.3 is 5.97 Å². The number of methoxy groups -OCH3 is 2. The zero-order valence-corrected chi connectivity index (χ0v) is 22.2. The van der Waals surface area contributed by atoms with E-state index in [-0.39, 0.29) is 29.9 Å². The Morgan fingerprint density at radius 3 is 2.50 bits per heavy atom. The highest BCUT2D eigenvalue weighted by atomic mass is 16.6. The fraction of sp³-hybridized carbons (Fsp3) is 0.379. The Balaban J connectivity index is 1.80. The van der Waals surface area contributed by atoms with Crippen molar-refractivity contribution in [3.05, 3.63) is 86.2 Å². The third kappa shape index (κ3) is 5.14. The van der Waals surface area contributed by atoms with Crippen LogP contribution in [0.15, 0.2) is 65.0 Å². The first-order valence-electron chi connectivity index (χ1n) is 12.6. The van der Waals surface area contributed by atoms with Gasteiger partial charge in [0.25, 0.3) is 5.69 Å². The second-order valence-corrected chi connectivity index (χ2v) is 9.61. The van der Waals surface area contributed by atoms with E-state index in [0.29, 0.717) is 52.4 Å². The monoisotopic (exact) mass is 520 g/mol. The summed E-state index contributed by atoms with van der Waals surface area (Å²) in [6.45, 7) is 5.48. The molecule has 2 aromatic carbocycles. The van der Waals surface area contributed by atoms with Crippen LogP contribution in [-0.4, -0.2) is 37.0 Å². The van der Waals surface area contributed by atoms with E-state index in [2.05, 4.69) is 5.32 Å². The zero-order valence-electron chi connectivity index (χ0n) is 22.2. The van der Waals surface area contributed by atoms with Crippen molar-refractivity contribution in [1.29, 1.82) is 0 Å². The molecular formula is C29H32N2O7. The van der Waals surface area contributed by atoms with E-state index in [0.717, 1.165) is 5.56 Å². The van der Waals surface area contributed by atoms with Gasteiger partial charge in [-0.25, -0.2) is 4.79 Å². The van der Waals surface area contributed by atoms with E-state index in [1.54, 1.807) is 40.2 Å². The SMILES string of the molecule is CC[C@@H](C)OC(=O)C1=C(C)NC2=C(C(=O)C[C@H](c3ccc(OC)c(OC)c3)C2)[C@@H]1c1cccc([N+](=O)[O-])c1. The predicted molar refractivity (Wildman–Crippen MR) is 141 cm³/mol. The number of nitrogens with one attached hydrogen (secondary N) is 1. The van der Waals surface area contributed by atoms with Gasteiger partial charge in [0, 0.05) is 41.4 Å². The Morgan fingerprint density at radius 2 is 1.84 bits per heavy atom. The maximum absolute atomic E-state index is 13.8. The van der Waals surface area contributed by atoms with Crippen molar-refractivity contribution in [3.8, 4) is 11.5 Å². The number of dihydropyridines is 1. The third-order valence-electron chi connectivity index (χ3n) is 7.22. The van der Waals surface area contributed by atoms with Crippen LogP contribution in [0.1, 0.15) is 63.0 Å². The lowest BCUT2D eigenvalue weighted by Crippen LogP contribution is -2.36. The molecule has 0 amide bonds. The van der Waals surface area contributed by atoms with Crippen molar-refractivity contribution in [2.45, 2.75) is 58.0 Å². The van der Waals surface area contributed by atoms with Gasteiger partial charge in [0.05, 0.1) is 30.8 Å². The normalized spacial score (nSPS) is 19.9. The molecule has 0 saturated carbocycles. The number of nitro groups is 1. The van der Waals surface area contributed by atoms with Gasteiger partial charge in [-0.05, 0) is 55.9 Å². The maximum Gasteiger partial charge on any atom is 0.337 e. The number of carbonyl (C=O) groups excluding carboxylic acids is 2. The number of nitrogens with zero attached hydrogens (tertiary/aromatic N) is 1. The molecule has 2 aliphatic rings. The van der Waals surface area contributed by atoms with Gasteiger partial charge in [-0.15, -0.1) is 0 Å². The standard InChI is InChI=1S/C29H32N2O7/c1-6-16(2)38-29(33)26-17(3)30-22-13-20(18-10-11-24(36-4)25(15-18)37-5)14-23(32)28(22)27(26)19-8-7-9-21(12-19)31(34)35/h7-12,15-16,20,27,30H,6,13-14H2,1-5H3/t16-,20-,27-/m1/s1. The van der Waals surface area contributed by atoms with Gasteiger partial charge in [0.15, 0.2) is 17.3 Å². The molecule has 1 aliphatic heterocycles. The first-order valence-corrected chi connectivity index (χ1v) is 12.6. The predicted octanol–water partition coefficient (Wildman–Crippen LogP) is 5.32. The van der Waals surface area contributed by atoms with E-state index in [9.17, 15) is 19.7 Å². The van der Waals surface area contributed by atoms with Crippen LogP contribution in [0.5, 0.6) is 11.5 Å². The molecule has 0 unspecified atom stereocenters. The molecule has 1 heterocycles. The quantitative estimate of drug-likeness (QED) is 0.283. The lowest BCUT2D eigenvalue weighted by molar-refractivity contribution is -0.384. The van der Waals surface area contributed by atoms with Crippen LogP contribution in [0, 0.1) is 10.1 Å². The van der Waals surface area contributed by atoms with Crippen LogP contribution < -0.4 is 14.8 Å². The summed E-state index contributed by atoms with van der Waals surface area (Å²) in [5, 5.41) is 14.8. The van der Waals surface area contributed by atoms with Gasteiger partial charge in [-0.3, -0.25) is 14.9 Å². The van der Waals surface area contributed by atoms with Crippen molar-refractivity contribution in [1.82, 2.24) is 5.32 Å².